The number of hydrogen-bond donors (Lipinski definition) is 2. The van der Waals surface area contributed by atoms with Crippen LogP contribution in [0.2, 0.25) is 0 Å². The largest absolute Gasteiger partial charge is 0.476 e. The van der Waals surface area contributed by atoms with E-state index in [9.17, 15) is 19.5 Å². The van der Waals surface area contributed by atoms with Gasteiger partial charge in [-0.15, -0.1) is 11.3 Å². The Kier molecular flexibility index (Phi) is 2.71. The van der Waals surface area contributed by atoms with Crippen molar-refractivity contribution < 1.29 is 19.5 Å². The van der Waals surface area contributed by atoms with E-state index >= 15 is 0 Å². The number of carboxylic acids is 1. The van der Waals surface area contributed by atoms with E-state index in [0.29, 0.717) is 4.96 Å². The molecule has 1 unspecified atom stereocenters. The Balaban J connectivity index is 2.15. The predicted molar refractivity (Wildman–Crippen MR) is 70.0 cm³/mol. The van der Waals surface area contributed by atoms with Gasteiger partial charge < -0.3 is 10.0 Å². The lowest BCUT2D eigenvalue weighted by Crippen LogP contribution is -2.57. The highest BCUT2D eigenvalue weighted by Crippen LogP contribution is 2.27. The summed E-state index contributed by atoms with van der Waals surface area (Å²) >= 11 is 1.28. The number of hydrogen-bond acceptors (Lipinski definition) is 6. The van der Waals surface area contributed by atoms with Crippen LogP contribution < -0.4 is 10.2 Å². The molecule has 2 amide bonds. The first-order valence-electron chi connectivity index (χ1n) is 5.78. The average molecular weight is 294 g/mol. The molecule has 3 rings (SSSR count). The standard InChI is InChI=1S/C11H10N4O4S/c1-5-9(17)12-6(16)4-15(5)8-7(10(18)19)14-2-3-20-11(14)13-8/h2-3,5H,4H2,1H3,(H,18,19)(H,12,16,17). The third kappa shape index (κ3) is 1.74. The third-order valence-electron chi connectivity index (χ3n) is 3.14. The first kappa shape index (κ1) is 12.6. The first-order valence-corrected chi connectivity index (χ1v) is 6.66. The predicted octanol–water partition coefficient (Wildman–Crippen LogP) is -0.0547. The molecule has 0 aromatic carbocycles. The van der Waals surface area contributed by atoms with Gasteiger partial charge in [-0.05, 0) is 6.92 Å². The number of piperazine rings is 1. The van der Waals surface area contributed by atoms with Crippen molar-refractivity contribution in [1.82, 2.24) is 14.7 Å². The van der Waals surface area contributed by atoms with E-state index in [0.717, 1.165) is 0 Å². The Morgan fingerprint density at radius 2 is 2.30 bits per heavy atom. The molecule has 1 fully saturated rings. The van der Waals surface area contributed by atoms with Crippen molar-refractivity contribution in [1.29, 1.82) is 0 Å². The van der Waals surface area contributed by atoms with Gasteiger partial charge in [0.15, 0.2) is 16.5 Å². The number of fused-ring (bicyclic) bond motifs is 1. The lowest BCUT2D eigenvalue weighted by atomic mass is 10.2. The number of nitrogens with zero attached hydrogens (tertiary/aromatic N) is 3. The van der Waals surface area contributed by atoms with Crippen molar-refractivity contribution in [3.63, 3.8) is 0 Å². The zero-order valence-electron chi connectivity index (χ0n) is 10.4. The molecule has 8 nitrogen and oxygen atoms in total. The summed E-state index contributed by atoms with van der Waals surface area (Å²) in [6, 6.07) is -0.657. The third-order valence-corrected chi connectivity index (χ3v) is 3.90. The van der Waals surface area contributed by atoms with Crippen LogP contribution in [0.1, 0.15) is 17.4 Å². The molecule has 1 aliphatic rings. The summed E-state index contributed by atoms with van der Waals surface area (Å²) < 4.78 is 1.44. The molecule has 0 aliphatic carbocycles. The Morgan fingerprint density at radius 1 is 1.55 bits per heavy atom. The van der Waals surface area contributed by atoms with Gasteiger partial charge in [0.25, 0.3) is 0 Å². The number of carbonyl (C=O) groups excluding carboxylic acids is 2. The number of aromatic nitrogens is 2. The van der Waals surface area contributed by atoms with Gasteiger partial charge in [0.2, 0.25) is 11.8 Å². The molecular weight excluding hydrogens is 284 g/mol. The topological polar surface area (TPSA) is 104 Å². The number of nitrogens with one attached hydrogen (secondary N) is 1. The fourth-order valence-electron chi connectivity index (χ4n) is 2.15. The number of aromatic carboxylic acids is 1. The van der Waals surface area contributed by atoms with Crippen LogP contribution in [0.4, 0.5) is 5.82 Å². The molecule has 0 saturated carbocycles. The molecule has 0 bridgehead atoms. The molecule has 104 valence electrons. The van der Waals surface area contributed by atoms with Crippen LogP contribution in [0, 0.1) is 0 Å². The van der Waals surface area contributed by atoms with Crippen LogP contribution in [0.3, 0.4) is 0 Å². The van der Waals surface area contributed by atoms with Gasteiger partial charge >= 0.3 is 5.97 Å². The summed E-state index contributed by atoms with van der Waals surface area (Å²) in [4.78, 5) is 40.7. The minimum Gasteiger partial charge on any atom is -0.476 e. The maximum absolute atomic E-state index is 11.7. The number of rotatable bonds is 2. The molecule has 1 aliphatic heterocycles. The minimum atomic E-state index is -1.16. The SMILES string of the molecule is CC1C(=O)NC(=O)CN1c1nc2sccn2c1C(=O)O. The van der Waals surface area contributed by atoms with Crippen LogP contribution in [-0.4, -0.2) is 44.9 Å². The monoisotopic (exact) mass is 294 g/mol. The molecule has 20 heavy (non-hydrogen) atoms. The second-order valence-electron chi connectivity index (χ2n) is 4.36. The summed E-state index contributed by atoms with van der Waals surface area (Å²) in [6.07, 6.45) is 1.59. The van der Waals surface area contributed by atoms with E-state index in [-0.39, 0.29) is 18.1 Å². The van der Waals surface area contributed by atoms with Crippen molar-refractivity contribution in [2.45, 2.75) is 13.0 Å². The number of carbonyl (C=O) groups is 3. The molecular formula is C11H10N4O4S. The second kappa shape index (κ2) is 4.30. The minimum absolute atomic E-state index is 0.0457. The van der Waals surface area contributed by atoms with Crippen molar-refractivity contribution in [2.24, 2.45) is 0 Å². The molecule has 2 aromatic heterocycles. The number of carboxylic acid groups (broad SMARTS) is 1. The van der Waals surface area contributed by atoms with Crippen LogP contribution in [0.5, 0.6) is 0 Å². The Hall–Kier alpha value is -2.42. The van der Waals surface area contributed by atoms with Crippen molar-refractivity contribution in [3.05, 3.63) is 17.3 Å². The van der Waals surface area contributed by atoms with E-state index in [1.54, 1.807) is 18.5 Å². The fourth-order valence-corrected chi connectivity index (χ4v) is 2.86. The zero-order chi connectivity index (χ0) is 14.4. The van der Waals surface area contributed by atoms with Gasteiger partial charge in [-0.2, -0.15) is 0 Å². The Morgan fingerprint density at radius 3 is 3.00 bits per heavy atom. The zero-order valence-corrected chi connectivity index (χ0v) is 11.2. The van der Waals surface area contributed by atoms with E-state index in [2.05, 4.69) is 10.3 Å². The highest BCUT2D eigenvalue weighted by Gasteiger charge is 2.35. The van der Waals surface area contributed by atoms with E-state index in [1.165, 1.54) is 20.6 Å². The van der Waals surface area contributed by atoms with Gasteiger partial charge in [-0.25, -0.2) is 9.78 Å². The maximum Gasteiger partial charge on any atom is 0.356 e. The average Bonchev–Trinajstić information content (AvgIpc) is 2.92. The molecule has 0 radical (unpaired) electrons. The van der Waals surface area contributed by atoms with Gasteiger partial charge in [0.1, 0.15) is 6.04 Å². The number of thiazole rings is 1. The Bertz CT molecular complexity index is 734. The number of imide groups is 1. The van der Waals surface area contributed by atoms with Gasteiger partial charge in [0, 0.05) is 11.6 Å². The van der Waals surface area contributed by atoms with E-state index < -0.39 is 23.8 Å². The van der Waals surface area contributed by atoms with Gasteiger partial charge in [0.05, 0.1) is 6.54 Å². The molecule has 1 saturated heterocycles. The van der Waals surface area contributed by atoms with Crippen LogP contribution >= 0.6 is 11.3 Å². The second-order valence-corrected chi connectivity index (χ2v) is 5.23. The van der Waals surface area contributed by atoms with Crippen molar-refractivity contribution >= 4 is 39.9 Å². The maximum atomic E-state index is 11.7. The number of amides is 2. The smallest absolute Gasteiger partial charge is 0.356 e. The first-order chi connectivity index (χ1) is 9.49. The quantitative estimate of drug-likeness (QED) is 0.752. The van der Waals surface area contributed by atoms with E-state index in [4.69, 9.17) is 0 Å². The van der Waals surface area contributed by atoms with Gasteiger partial charge in [-0.3, -0.25) is 19.3 Å². The fraction of sp³-hybridized carbons (Fsp3) is 0.273. The molecule has 0 spiro atoms. The normalized spacial score (nSPS) is 19.4. The summed E-state index contributed by atoms with van der Waals surface area (Å²) in [6.45, 7) is 1.50. The molecule has 1 atom stereocenters. The number of imidazole rings is 1. The van der Waals surface area contributed by atoms with Crippen molar-refractivity contribution in [2.75, 3.05) is 11.4 Å². The van der Waals surface area contributed by atoms with Crippen LogP contribution in [0.25, 0.3) is 4.96 Å². The van der Waals surface area contributed by atoms with Crippen molar-refractivity contribution in [3.8, 4) is 0 Å². The number of anilines is 1. The molecule has 2 N–H and O–H groups in total. The Labute approximate surface area is 116 Å². The van der Waals surface area contributed by atoms with Crippen LogP contribution in [0.15, 0.2) is 11.6 Å². The van der Waals surface area contributed by atoms with Crippen LogP contribution in [-0.2, 0) is 9.59 Å². The summed E-state index contributed by atoms with van der Waals surface area (Å²) in [5.74, 6) is -1.95. The van der Waals surface area contributed by atoms with Gasteiger partial charge in [-0.1, -0.05) is 0 Å². The molecule has 9 heteroatoms. The highest BCUT2D eigenvalue weighted by molar-refractivity contribution is 7.15. The summed E-state index contributed by atoms with van der Waals surface area (Å²) in [7, 11) is 0. The highest BCUT2D eigenvalue weighted by atomic mass is 32.1. The van der Waals surface area contributed by atoms with E-state index in [1.807, 2.05) is 0 Å². The summed E-state index contributed by atoms with van der Waals surface area (Å²) in [5, 5.41) is 13.3. The lowest BCUT2D eigenvalue weighted by Gasteiger charge is -2.32. The lowest BCUT2D eigenvalue weighted by molar-refractivity contribution is -0.132. The molecule has 2 aromatic rings. The molecule has 3 heterocycles. The summed E-state index contributed by atoms with van der Waals surface area (Å²) in [5.41, 5.74) is -0.0457.